The number of aromatic carboxylic acids is 1. The number of rotatable bonds is 4. The van der Waals surface area contributed by atoms with Crippen molar-refractivity contribution in [2.45, 2.75) is 6.54 Å². The van der Waals surface area contributed by atoms with E-state index in [-0.39, 0.29) is 12.3 Å². The van der Waals surface area contributed by atoms with Gasteiger partial charge in [0.05, 0.1) is 33.4 Å². The molecule has 0 atom stereocenters. The number of hydrogen-bond donors (Lipinski definition) is 2. The number of nitrogens with zero attached hydrogens (tertiary/aromatic N) is 2. The molecule has 1 aromatic carbocycles. The van der Waals surface area contributed by atoms with Crippen LogP contribution in [0.25, 0.3) is 0 Å². The zero-order valence-electron chi connectivity index (χ0n) is 10.3. The third-order valence-electron chi connectivity index (χ3n) is 2.84. The van der Waals surface area contributed by atoms with Crippen LogP contribution in [0.5, 0.6) is 0 Å². The van der Waals surface area contributed by atoms with Crippen LogP contribution in [0, 0.1) is 0 Å². The summed E-state index contributed by atoms with van der Waals surface area (Å²) >= 11 is 13.2. The molecule has 1 aliphatic heterocycles. The summed E-state index contributed by atoms with van der Waals surface area (Å²) < 4.78 is 13.2. The summed E-state index contributed by atoms with van der Waals surface area (Å²) in [6.45, 7) is 0.228. The van der Waals surface area contributed by atoms with Crippen LogP contribution in [0.4, 0.5) is 17.1 Å². The smallest absolute Gasteiger partial charge is 0.372 e. The largest absolute Gasteiger partial charge is 0.475 e. The van der Waals surface area contributed by atoms with Crippen molar-refractivity contribution in [1.29, 1.82) is 0 Å². The number of fused-ring (bicyclic) bond motifs is 1. The van der Waals surface area contributed by atoms with Crippen molar-refractivity contribution < 1.29 is 14.3 Å². The summed E-state index contributed by atoms with van der Waals surface area (Å²) in [6, 6.07) is 3.15. The Morgan fingerprint density at radius 2 is 2.10 bits per heavy atom. The molecule has 0 fully saturated rings. The number of carboxylic acid groups (broad SMARTS) is 1. The molecule has 0 spiro atoms. The fourth-order valence-electron chi connectivity index (χ4n) is 1.89. The summed E-state index contributed by atoms with van der Waals surface area (Å²) in [4.78, 5) is 11.0. The predicted octanol–water partition coefficient (Wildman–Crippen LogP) is 4.62. The third-order valence-corrected chi connectivity index (χ3v) is 3.96. The topological polar surface area (TPSA) is 87.2 Å². The van der Waals surface area contributed by atoms with E-state index < -0.39 is 5.97 Å². The highest BCUT2D eigenvalue weighted by atomic mass is 35.5. The lowest BCUT2D eigenvalue weighted by molar-refractivity contribution is 0.0661. The molecule has 21 heavy (non-hydrogen) atoms. The summed E-state index contributed by atoms with van der Waals surface area (Å²) in [5.41, 5.74) is 2.17. The van der Waals surface area contributed by atoms with Crippen molar-refractivity contribution in [3.63, 3.8) is 0 Å². The van der Waals surface area contributed by atoms with E-state index in [1.54, 1.807) is 12.1 Å². The standard InChI is InChI=1S/C12H7Cl2N3O3S/c13-6-3-7(14)9-10(17-21-16-9)8(6)15-4-5-1-2-20-11(5)12(18)19/h1-3,15H,4H2,(H,18,19). The Morgan fingerprint density at radius 1 is 1.33 bits per heavy atom. The van der Waals surface area contributed by atoms with Gasteiger partial charge in [-0.15, -0.1) is 0 Å². The van der Waals surface area contributed by atoms with E-state index in [0.29, 0.717) is 32.7 Å². The number of nitrogens with one attached hydrogen (secondary N) is 1. The van der Waals surface area contributed by atoms with Crippen LogP contribution in [-0.2, 0) is 17.9 Å². The second kappa shape index (κ2) is 5.51. The molecular formula is C12H7Cl2N3O3S. The SMILES string of the molecule is O=C(O)c1occc1CNc1c(Cl)cc(Cl)c2c1N=S=N2. The molecule has 0 unspecified atom stereocenters. The number of carbonyl (C=O) groups is 1. The minimum atomic E-state index is -1.13. The summed E-state index contributed by atoms with van der Waals surface area (Å²) in [6.07, 6.45) is 1.32. The van der Waals surface area contributed by atoms with Gasteiger partial charge in [-0.05, 0) is 12.1 Å². The van der Waals surface area contributed by atoms with Crippen molar-refractivity contribution in [1.82, 2.24) is 0 Å². The first-order valence-electron chi connectivity index (χ1n) is 5.71. The lowest BCUT2D eigenvalue weighted by Crippen LogP contribution is -2.05. The summed E-state index contributed by atoms with van der Waals surface area (Å²) in [5, 5.41) is 12.9. The van der Waals surface area contributed by atoms with Gasteiger partial charge in [0.15, 0.2) is 0 Å². The average molecular weight is 344 g/mol. The molecule has 9 heteroatoms. The van der Waals surface area contributed by atoms with E-state index >= 15 is 0 Å². The molecule has 2 aromatic rings. The molecule has 0 saturated carbocycles. The molecule has 0 amide bonds. The van der Waals surface area contributed by atoms with Crippen LogP contribution in [0.2, 0.25) is 10.0 Å². The fourth-order valence-corrected chi connectivity index (χ4v) is 3.07. The van der Waals surface area contributed by atoms with Crippen molar-refractivity contribution in [3.05, 3.63) is 39.8 Å². The number of halogens is 2. The van der Waals surface area contributed by atoms with Gasteiger partial charge in [-0.25, -0.2) is 4.79 Å². The Morgan fingerprint density at radius 3 is 2.86 bits per heavy atom. The van der Waals surface area contributed by atoms with E-state index in [2.05, 4.69) is 14.0 Å². The normalized spacial score (nSPS) is 12.1. The molecule has 2 N–H and O–H groups in total. The monoisotopic (exact) mass is 343 g/mol. The van der Waals surface area contributed by atoms with Gasteiger partial charge >= 0.3 is 5.97 Å². The van der Waals surface area contributed by atoms with Gasteiger partial charge in [-0.3, -0.25) is 0 Å². The van der Waals surface area contributed by atoms with Crippen LogP contribution in [0.1, 0.15) is 16.1 Å². The molecule has 0 radical (unpaired) electrons. The highest BCUT2D eigenvalue weighted by Gasteiger charge is 2.20. The lowest BCUT2D eigenvalue weighted by atomic mass is 10.2. The second-order valence-electron chi connectivity index (χ2n) is 4.11. The number of furan rings is 1. The van der Waals surface area contributed by atoms with Crippen molar-refractivity contribution in [2.75, 3.05) is 5.32 Å². The van der Waals surface area contributed by atoms with E-state index in [9.17, 15) is 4.79 Å². The van der Waals surface area contributed by atoms with Gasteiger partial charge in [0.2, 0.25) is 5.76 Å². The molecule has 1 aromatic heterocycles. The van der Waals surface area contributed by atoms with Gasteiger partial charge in [0.1, 0.15) is 11.4 Å². The fraction of sp³-hybridized carbons (Fsp3) is 0.0833. The van der Waals surface area contributed by atoms with Gasteiger partial charge < -0.3 is 14.8 Å². The van der Waals surface area contributed by atoms with Gasteiger partial charge in [-0.2, -0.15) is 8.73 Å². The average Bonchev–Trinajstić information content (AvgIpc) is 3.06. The Labute approximate surface area is 132 Å². The zero-order chi connectivity index (χ0) is 15.0. The zero-order valence-corrected chi connectivity index (χ0v) is 12.6. The number of anilines is 1. The van der Waals surface area contributed by atoms with Crippen molar-refractivity contribution in [2.24, 2.45) is 8.73 Å². The highest BCUT2D eigenvalue weighted by molar-refractivity contribution is 7.58. The predicted molar refractivity (Wildman–Crippen MR) is 81.0 cm³/mol. The van der Waals surface area contributed by atoms with Gasteiger partial charge in [-0.1, -0.05) is 23.2 Å². The van der Waals surface area contributed by atoms with Gasteiger partial charge in [0, 0.05) is 12.1 Å². The molecule has 2 heterocycles. The Bertz CT molecular complexity index is 812. The quantitative estimate of drug-likeness (QED) is 0.723. The second-order valence-corrected chi connectivity index (χ2v) is 5.45. The summed E-state index contributed by atoms with van der Waals surface area (Å²) in [7, 11) is 0. The first-order chi connectivity index (χ1) is 10.1. The maximum atomic E-state index is 11.0. The number of hydrogen-bond acceptors (Lipinski definition) is 5. The molecule has 108 valence electrons. The minimum Gasteiger partial charge on any atom is -0.475 e. The third kappa shape index (κ3) is 2.55. The van der Waals surface area contributed by atoms with E-state index in [4.69, 9.17) is 32.7 Å². The van der Waals surface area contributed by atoms with Crippen LogP contribution >= 0.6 is 23.2 Å². The van der Waals surface area contributed by atoms with Crippen LogP contribution < -0.4 is 5.32 Å². The number of carboxylic acids is 1. The van der Waals surface area contributed by atoms with Crippen molar-refractivity contribution >= 4 is 57.6 Å². The van der Waals surface area contributed by atoms with E-state index in [1.165, 1.54) is 6.26 Å². The Hall–Kier alpha value is -1.83. The minimum absolute atomic E-state index is 0.111. The molecule has 6 nitrogen and oxygen atoms in total. The summed E-state index contributed by atoms with van der Waals surface area (Å²) in [5.74, 6) is -1.24. The lowest BCUT2D eigenvalue weighted by Gasteiger charge is -2.11. The Balaban J connectivity index is 1.90. The molecule has 0 saturated heterocycles. The Kier molecular flexibility index (Phi) is 3.71. The van der Waals surface area contributed by atoms with Crippen LogP contribution in [0.3, 0.4) is 0 Å². The van der Waals surface area contributed by atoms with E-state index in [1.807, 2.05) is 0 Å². The molecule has 0 bridgehead atoms. The first kappa shape index (κ1) is 14.1. The van der Waals surface area contributed by atoms with Crippen LogP contribution in [-0.4, -0.2) is 11.1 Å². The maximum absolute atomic E-state index is 11.0. The van der Waals surface area contributed by atoms with Crippen LogP contribution in [0.15, 0.2) is 31.5 Å². The van der Waals surface area contributed by atoms with Gasteiger partial charge in [0.25, 0.3) is 0 Å². The number of benzene rings is 1. The molecular weight excluding hydrogens is 337 g/mol. The molecule has 3 rings (SSSR count). The maximum Gasteiger partial charge on any atom is 0.372 e. The first-order valence-corrected chi connectivity index (χ1v) is 7.20. The van der Waals surface area contributed by atoms with E-state index in [0.717, 1.165) is 11.4 Å². The molecule has 0 aliphatic carbocycles. The molecule has 1 aliphatic rings. The van der Waals surface area contributed by atoms with Crippen molar-refractivity contribution in [3.8, 4) is 0 Å². The highest BCUT2D eigenvalue weighted by Crippen LogP contribution is 2.47.